The highest BCUT2D eigenvalue weighted by Crippen LogP contribution is 2.60. The van der Waals surface area contributed by atoms with Crippen molar-refractivity contribution in [2.24, 2.45) is 11.1 Å². The van der Waals surface area contributed by atoms with E-state index in [0.29, 0.717) is 12.5 Å². The van der Waals surface area contributed by atoms with Gasteiger partial charge in [-0.2, -0.15) is 0 Å². The minimum Gasteiger partial charge on any atom is -0.493 e. The average molecular weight is 235 g/mol. The quantitative estimate of drug-likeness (QED) is 0.872. The molecule has 2 atom stereocenters. The lowest BCUT2D eigenvalue weighted by molar-refractivity contribution is 0.308. The molecule has 17 heavy (non-hydrogen) atoms. The van der Waals surface area contributed by atoms with E-state index in [2.05, 4.69) is 19.9 Å². The first-order chi connectivity index (χ1) is 8.04. The van der Waals surface area contributed by atoms with Crippen LogP contribution in [0, 0.1) is 5.41 Å². The van der Waals surface area contributed by atoms with Crippen molar-refractivity contribution in [3.63, 3.8) is 0 Å². The molecule has 0 heterocycles. The van der Waals surface area contributed by atoms with Crippen LogP contribution < -0.4 is 15.2 Å². The lowest BCUT2D eigenvalue weighted by Gasteiger charge is -2.14. The van der Waals surface area contributed by atoms with E-state index < -0.39 is 0 Å². The lowest BCUT2D eigenvalue weighted by Crippen LogP contribution is -2.06. The molecule has 0 spiro atoms. The molecule has 1 aliphatic rings. The van der Waals surface area contributed by atoms with Gasteiger partial charge in [0.25, 0.3) is 0 Å². The van der Waals surface area contributed by atoms with Gasteiger partial charge in [-0.25, -0.2) is 0 Å². The number of methoxy groups -OCH3 is 1. The van der Waals surface area contributed by atoms with Crippen LogP contribution >= 0.6 is 0 Å². The van der Waals surface area contributed by atoms with Crippen LogP contribution in [0.2, 0.25) is 0 Å². The Balaban J connectivity index is 2.38. The van der Waals surface area contributed by atoms with E-state index in [-0.39, 0.29) is 11.5 Å². The number of hydrogen-bond acceptors (Lipinski definition) is 3. The summed E-state index contributed by atoms with van der Waals surface area (Å²) in [5.74, 6) is 2.00. The molecule has 94 valence electrons. The molecule has 0 aliphatic heterocycles. The molecule has 0 saturated heterocycles. The molecule has 2 N–H and O–H groups in total. The second-order valence-corrected chi connectivity index (χ2v) is 5.14. The summed E-state index contributed by atoms with van der Waals surface area (Å²) in [6, 6.07) is 6.23. The third kappa shape index (κ3) is 1.89. The van der Waals surface area contributed by atoms with Crippen molar-refractivity contribution in [1.29, 1.82) is 0 Å². The Bertz CT molecular complexity index is 415. The summed E-state index contributed by atoms with van der Waals surface area (Å²) in [7, 11) is 1.68. The van der Waals surface area contributed by atoms with Crippen LogP contribution in [0.4, 0.5) is 0 Å². The minimum atomic E-state index is 0.151. The molecule has 1 aliphatic carbocycles. The number of para-hydroxylation sites is 1. The van der Waals surface area contributed by atoms with E-state index >= 15 is 0 Å². The summed E-state index contributed by atoms with van der Waals surface area (Å²) in [6.07, 6.45) is 0. The van der Waals surface area contributed by atoms with Gasteiger partial charge in [0, 0.05) is 17.5 Å². The van der Waals surface area contributed by atoms with Crippen LogP contribution in [0.25, 0.3) is 0 Å². The zero-order chi connectivity index (χ0) is 12.6. The van der Waals surface area contributed by atoms with Gasteiger partial charge in [-0.05, 0) is 18.4 Å². The van der Waals surface area contributed by atoms with Gasteiger partial charge in [-0.3, -0.25) is 0 Å². The van der Waals surface area contributed by atoms with E-state index in [1.807, 2.05) is 19.1 Å². The Hall–Kier alpha value is -1.22. The third-order valence-electron chi connectivity index (χ3n) is 3.76. The second-order valence-electron chi connectivity index (χ2n) is 5.14. The van der Waals surface area contributed by atoms with Crippen molar-refractivity contribution in [1.82, 2.24) is 0 Å². The maximum Gasteiger partial charge on any atom is 0.164 e. The predicted octanol–water partition coefficient (Wildman–Crippen LogP) is 2.54. The van der Waals surface area contributed by atoms with Crippen molar-refractivity contribution in [2.45, 2.75) is 32.7 Å². The Morgan fingerprint density at radius 2 is 2.00 bits per heavy atom. The molecule has 3 nitrogen and oxygen atoms in total. The normalized spacial score (nSPS) is 25.5. The molecular formula is C14H21NO2. The van der Waals surface area contributed by atoms with E-state index in [9.17, 15) is 0 Å². The molecule has 1 aromatic carbocycles. The van der Waals surface area contributed by atoms with Crippen LogP contribution in [0.3, 0.4) is 0 Å². The van der Waals surface area contributed by atoms with Crippen molar-refractivity contribution in [2.75, 3.05) is 13.7 Å². The van der Waals surface area contributed by atoms with Gasteiger partial charge >= 0.3 is 0 Å². The van der Waals surface area contributed by atoms with Crippen molar-refractivity contribution in [3.05, 3.63) is 23.8 Å². The fourth-order valence-corrected chi connectivity index (χ4v) is 2.54. The first kappa shape index (κ1) is 12.2. The van der Waals surface area contributed by atoms with Gasteiger partial charge in [0.2, 0.25) is 0 Å². The van der Waals surface area contributed by atoms with Gasteiger partial charge in [-0.15, -0.1) is 0 Å². The fraction of sp³-hybridized carbons (Fsp3) is 0.571. The summed E-state index contributed by atoms with van der Waals surface area (Å²) < 4.78 is 11.1. The summed E-state index contributed by atoms with van der Waals surface area (Å²) >= 11 is 0. The Labute approximate surface area is 103 Å². The molecule has 0 amide bonds. The number of hydrogen-bond donors (Lipinski definition) is 1. The third-order valence-corrected chi connectivity index (χ3v) is 3.76. The Kier molecular flexibility index (Phi) is 3.04. The molecule has 0 aromatic heterocycles. The van der Waals surface area contributed by atoms with Crippen LogP contribution in [0.5, 0.6) is 11.5 Å². The molecule has 1 aromatic rings. The number of ether oxygens (including phenoxy) is 2. The van der Waals surface area contributed by atoms with Crippen LogP contribution in [0.1, 0.15) is 32.3 Å². The summed E-state index contributed by atoms with van der Waals surface area (Å²) in [6.45, 7) is 6.99. The zero-order valence-electron chi connectivity index (χ0n) is 11.0. The topological polar surface area (TPSA) is 44.5 Å². The van der Waals surface area contributed by atoms with E-state index in [4.69, 9.17) is 15.2 Å². The van der Waals surface area contributed by atoms with Crippen LogP contribution in [-0.4, -0.2) is 19.8 Å². The highest BCUT2D eigenvalue weighted by atomic mass is 16.5. The van der Waals surface area contributed by atoms with Crippen LogP contribution in [0.15, 0.2) is 18.2 Å². The second kappa shape index (κ2) is 4.22. The van der Waals surface area contributed by atoms with E-state index in [1.165, 1.54) is 0 Å². The Morgan fingerprint density at radius 3 is 2.47 bits per heavy atom. The maximum absolute atomic E-state index is 6.13. The van der Waals surface area contributed by atoms with E-state index in [1.54, 1.807) is 7.11 Å². The first-order valence-corrected chi connectivity index (χ1v) is 6.09. The van der Waals surface area contributed by atoms with Gasteiger partial charge < -0.3 is 15.2 Å². The molecule has 2 rings (SSSR count). The summed E-state index contributed by atoms with van der Waals surface area (Å²) in [5, 5.41) is 0. The summed E-state index contributed by atoms with van der Waals surface area (Å²) in [4.78, 5) is 0. The first-order valence-electron chi connectivity index (χ1n) is 6.09. The molecule has 0 bridgehead atoms. The maximum atomic E-state index is 6.13. The number of benzene rings is 1. The fourth-order valence-electron chi connectivity index (χ4n) is 2.54. The van der Waals surface area contributed by atoms with Gasteiger partial charge in [0.05, 0.1) is 13.7 Å². The standard InChI is InChI=1S/C14H21NO2/c1-5-17-10-8-6-7-9(12(10)16-4)11-13(15)14(11,2)3/h6-8,11,13H,5,15H2,1-4H3. The number of nitrogens with two attached hydrogens (primary N) is 1. The van der Waals surface area contributed by atoms with Gasteiger partial charge in [0.15, 0.2) is 11.5 Å². The SMILES string of the molecule is CCOc1cccc(C2C(N)C2(C)C)c1OC. The van der Waals surface area contributed by atoms with Gasteiger partial charge in [-0.1, -0.05) is 26.0 Å². The highest BCUT2D eigenvalue weighted by Gasteiger charge is 2.57. The monoisotopic (exact) mass is 235 g/mol. The Morgan fingerprint density at radius 1 is 1.35 bits per heavy atom. The van der Waals surface area contributed by atoms with E-state index in [0.717, 1.165) is 17.1 Å². The average Bonchev–Trinajstić information content (AvgIpc) is 2.78. The molecule has 1 fully saturated rings. The van der Waals surface area contributed by atoms with Gasteiger partial charge in [0.1, 0.15) is 0 Å². The minimum absolute atomic E-state index is 0.151. The van der Waals surface area contributed by atoms with Crippen molar-refractivity contribution >= 4 is 0 Å². The summed E-state index contributed by atoms with van der Waals surface area (Å²) in [5.41, 5.74) is 7.44. The molecule has 3 heteroatoms. The molecule has 1 saturated carbocycles. The molecular weight excluding hydrogens is 214 g/mol. The van der Waals surface area contributed by atoms with Crippen LogP contribution in [-0.2, 0) is 0 Å². The zero-order valence-corrected chi connectivity index (χ0v) is 11.0. The molecule has 2 unspecified atom stereocenters. The number of rotatable bonds is 4. The smallest absolute Gasteiger partial charge is 0.164 e. The predicted molar refractivity (Wildman–Crippen MR) is 68.7 cm³/mol. The van der Waals surface area contributed by atoms with Crippen molar-refractivity contribution < 1.29 is 9.47 Å². The van der Waals surface area contributed by atoms with Crippen molar-refractivity contribution in [3.8, 4) is 11.5 Å². The molecule has 0 radical (unpaired) electrons. The highest BCUT2D eigenvalue weighted by molar-refractivity contribution is 5.52. The largest absolute Gasteiger partial charge is 0.493 e. The lowest BCUT2D eigenvalue weighted by atomic mass is 10.0.